The van der Waals surface area contributed by atoms with Crippen LogP contribution in [0, 0.1) is 0 Å². The van der Waals surface area contributed by atoms with Crippen molar-refractivity contribution >= 4 is 27.3 Å². The molecule has 11 heteroatoms. The molecule has 0 atom stereocenters. The first-order valence-corrected chi connectivity index (χ1v) is 10.9. The third-order valence-electron chi connectivity index (χ3n) is 4.24. The summed E-state index contributed by atoms with van der Waals surface area (Å²) in [7, 11) is -3.61. The van der Waals surface area contributed by atoms with Crippen LogP contribution in [0.25, 0.3) is 5.69 Å². The largest absolute Gasteiger partial charge is 0.367 e. The molecular formula is C20H20N8O2S. The van der Waals surface area contributed by atoms with Crippen LogP contribution in [-0.2, 0) is 10.0 Å². The van der Waals surface area contributed by atoms with Crippen LogP contribution < -0.4 is 15.4 Å². The highest BCUT2D eigenvalue weighted by molar-refractivity contribution is 7.89. The molecule has 0 bridgehead atoms. The molecule has 31 heavy (non-hydrogen) atoms. The highest BCUT2D eigenvalue weighted by atomic mass is 32.2. The summed E-state index contributed by atoms with van der Waals surface area (Å²) < 4.78 is 29.1. The molecule has 10 nitrogen and oxygen atoms in total. The van der Waals surface area contributed by atoms with E-state index in [1.165, 1.54) is 0 Å². The van der Waals surface area contributed by atoms with E-state index < -0.39 is 10.0 Å². The summed E-state index contributed by atoms with van der Waals surface area (Å²) in [6.07, 6.45) is 6.82. The summed E-state index contributed by atoms with van der Waals surface area (Å²) in [5.74, 6) is 1.12. The highest BCUT2D eigenvalue weighted by Crippen LogP contribution is 2.14. The molecule has 1 aromatic carbocycles. The third kappa shape index (κ3) is 5.41. The van der Waals surface area contributed by atoms with Gasteiger partial charge in [0.1, 0.15) is 5.82 Å². The van der Waals surface area contributed by atoms with Gasteiger partial charge in [0.25, 0.3) is 0 Å². The number of nitrogens with zero attached hydrogens (tertiary/aromatic N) is 5. The number of sulfonamides is 1. The topological polar surface area (TPSA) is 127 Å². The molecule has 3 heterocycles. The van der Waals surface area contributed by atoms with Crippen molar-refractivity contribution in [2.24, 2.45) is 0 Å². The van der Waals surface area contributed by atoms with Gasteiger partial charge >= 0.3 is 0 Å². The first-order valence-electron chi connectivity index (χ1n) is 9.45. The van der Waals surface area contributed by atoms with Crippen LogP contribution >= 0.6 is 0 Å². The van der Waals surface area contributed by atoms with Gasteiger partial charge in [-0.05, 0) is 54.6 Å². The maximum atomic E-state index is 12.5. The number of nitrogens with one attached hydrogen (secondary N) is 3. The second-order valence-electron chi connectivity index (χ2n) is 6.44. The summed E-state index contributed by atoms with van der Waals surface area (Å²) in [6, 6.07) is 15.5. The summed E-state index contributed by atoms with van der Waals surface area (Å²) in [6.45, 7) is 0.551. The van der Waals surface area contributed by atoms with Gasteiger partial charge in [-0.3, -0.25) is 4.98 Å². The number of hydrogen-bond acceptors (Lipinski definition) is 8. The molecule has 3 N–H and O–H groups in total. The molecule has 0 saturated heterocycles. The molecule has 0 aliphatic rings. The maximum absolute atomic E-state index is 12.5. The van der Waals surface area contributed by atoms with Crippen molar-refractivity contribution < 1.29 is 8.42 Å². The van der Waals surface area contributed by atoms with Gasteiger partial charge in [-0.25, -0.2) is 17.8 Å². The van der Waals surface area contributed by atoms with Crippen molar-refractivity contribution in [3.63, 3.8) is 0 Å². The van der Waals surface area contributed by atoms with E-state index in [4.69, 9.17) is 0 Å². The van der Waals surface area contributed by atoms with Crippen molar-refractivity contribution in [3.05, 3.63) is 79.4 Å². The molecule has 3 aromatic heterocycles. The second kappa shape index (κ2) is 9.32. The quantitative estimate of drug-likeness (QED) is 0.341. The van der Waals surface area contributed by atoms with Crippen LogP contribution in [0.3, 0.4) is 0 Å². The Morgan fingerprint density at radius 2 is 1.68 bits per heavy atom. The Hall–Kier alpha value is -3.83. The number of aromatic nitrogens is 5. The number of hydrogen-bond donors (Lipinski definition) is 3. The van der Waals surface area contributed by atoms with Gasteiger partial charge in [-0.15, -0.1) is 10.2 Å². The first-order chi connectivity index (χ1) is 15.1. The number of pyridine rings is 1. The minimum atomic E-state index is -3.61. The molecular weight excluding hydrogens is 416 g/mol. The molecule has 4 rings (SSSR count). The molecule has 0 unspecified atom stereocenters. The zero-order valence-electron chi connectivity index (χ0n) is 16.4. The van der Waals surface area contributed by atoms with Crippen LogP contribution in [-0.4, -0.2) is 46.5 Å². The van der Waals surface area contributed by atoms with E-state index >= 15 is 0 Å². The minimum absolute atomic E-state index is 0.189. The van der Waals surface area contributed by atoms with E-state index in [1.807, 2.05) is 12.1 Å². The van der Waals surface area contributed by atoms with Crippen molar-refractivity contribution in [2.75, 3.05) is 23.7 Å². The van der Waals surface area contributed by atoms with Crippen molar-refractivity contribution in [1.29, 1.82) is 0 Å². The summed E-state index contributed by atoms with van der Waals surface area (Å²) in [4.78, 5) is 4.21. The minimum Gasteiger partial charge on any atom is -0.367 e. The summed E-state index contributed by atoms with van der Waals surface area (Å²) in [5, 5.41) is 18.4. The molecule has 0 amide bonds. The Bertz CT molecular complexity index is 1200. The fourth-order valence-corrected chi connectivity index (χ4v) is 3.77. The third-order valence-corrected chi connectivity index (χ3v) is 5.71. The van der Waals surface area contributed by atoms with E-state index in [1.54, 1.807) is 71.9 Å². The fraction of sp³-hybridized carbons (Fsp3) is 0.100. The second-order valence-corrected chi connectivity index (χ2v) is 8.21. The Balaban J connectivity index is 1.26. The van der Waals surface area contributed by atoms with Gasteiger partial charge in [0, 0.05) is 31.7 Å². The molecule has 0 spiro atoms. The molecule has 0 aliphatic heterocycles. The Morgan fingerprint density at radius 3 is 2.35 bits per heavy atom. The van der Waals surface area contributed by atoms with Crippen LogP contribution in [0.5, 0.6) is 0 Å². The van der Waals surface area contributed by atoms with E-state index in [0.29, 0.717) is 18.2 Å². The van der Waals surface area contributed by atoms with Crippen LogP contribution in [0.2, 0.25) is 0 Å². The lowest BCUT2D eigenvalue weighted by Crippen LogP contribution is -2.29. The lowest BCUT2D eigenvalue weighted by Gasteiger charge is -2.09. The average molecular weight is 437 g/mol. The molecule has 0 saturated carbocycles. The lowest BCUT2D eigenvalue weighted by molar-refractivity contribution is 0.583. The van der Waals surface area contributed by atoms with Gasteiger partial charge in [0.2, 0.25) is 10.0 Å². The van der Waals surface area contributed by atoms with Crippen LogP contribution in [0.15, 0.2) is 84.3 Å². The Labute approximate surface area is 179 Å². The summed E-state index contributed by atoms with van der Waals surface area (Å²) >= 11 is 0. The van der Waals surface area contributed by atoms with Gasteiger partial charge in [0.05, 0.1) is 22.5 Å². The number of anilines is 3. The predicted molar refractivity (Wildman–Crippen MR) is 117 cm³/mol. The number of benzene rings is 1. The number of rotatable bonds is 9. The average Bonchev–Trinajstić information content (AvgIpc) is 3.34. The maximum Gasteiger partial charge on any atom is 0.240 e. The van der Waals surface area contributed by atoms with E-state index in [9.17, 15) is 8.42 Å². The highest BCUT2D eigenvalue weighted by Gasteiger charge is 2.13. The van der Waals surface area contributed by atoms with E-state index in [2.05, 4.69) is 35.6 Å². The van der Waals surface area contributed by atoms with Gasteiger partial charge < -0.3 is 10.6 Å². The molecule has 158 valence electrons. The molecule has 0 radical (unpaired) electrons. The zero-order chi connectivity index (χ0) is 21.5. The van der Waals surface area contributed by atoms with Gasteiger partial charge in [0.15, 0.2) is 5.82 Å². The van der Waals surface area contributed by atoms with Crippen LogP contribution in [0.4, 0.5) is 17.3 Å². The fourth-order valence-electron chi connectivity index (χ4n) is 2.74. The Kier molecular flexibility index (Phi) is 6.15. The predicted octanol–water partition coefficient (Wildman–Crippen LogP) is 2.19. The molecule has 0 fully saturated rings. The molecule has 0 aliphatic carbocycles. The smallest absolute Gasteiger partial charge is 0.240 e. The van der Waals surface area contributed by atoms with Gasteiger partial charge in [-0.1, -0.05) is 0 Å². The van der Waals surface area contributed by atoms with Crippen LogP contribution in [0.1, 0.15) is 0 Å². The SMILES string of the molecule is O=S(=O)(NCCNc1ccc(Nc2cccnc2)nn1)c1ccc(-n2cccn2)cc1. The zero-order valence-corrected chi connectivity index (χ0v) is 17.2. The Morgan fingerprint density at radius 1 is 0.871 bits per heavy atom. The molecule has 4 aromatic rings. The normalized spacial score (nSPS) is 11.2. The monoisotopic (exact) mass is 436 g/mol. The van der Waals surface area contributed by atoms with Crippen molar-refractivity contribution in [1.82, 2.24) is 29.7 Å². The lowest BCUT2D eigenvalue weighted by atomic mass is 10.3. The first kappa shape index (κ1) is 20.4. The van der Waals surface area contributed by atoms with E-state index in [0.717, 1.165) is 11.4 Å². The van der Waals surface area contributed by atoms with Crippen molar-refractivity contribution in [2.45, 2.75) is 4.90 Å². The van der Waals surface area contributed by atoms with Crippen molar-refractivity contribution in [3.8, 4) is 5.69 Å². The van der Waals surface area contributed by atoms with Gasteiger partial charge in [-0.2, -0.15) is 5.10 Å². The standard InChI is InChI=1S/C20H20N8O2S/c29-31(30,18-6-4-17(5-7-18)28-14-2-11-23-28)24-13-12-22-19-8-9-20(27-26-19)25-16-3-1-10-21-15-16/h1-11,14-15,24H,12-13H2,(H,22,26)(H,25,27). The van der Waals surface area contributed by atoms with E-state index in [-0.39, 0.29) is 11.4 Å². The summed E-state index contributed by atoms with van der Waals surface area (Å²) in [5.41, 5.74) is 1.59.